The number of nitrogens with one attached hydrogen (secondary N) is 2. The molecule has 1 saturated heterocycles. The third-order valence-corrected chi connectivity index (χ3v) is 11.5. The van der Waals surface area contributed by atoms with Gasteiger partial charge in [0.25, 0.3) is 0 Å². The van der Waals surface area contributed by atoms with E-state index in [1.807, 2.05) is 12.1 Å². The van der Waals surface area contributed by atoms with Gasteiger partial charge in [-0.2, -0.15) is 4.98 Å². The number of benzene rings is 2. The van der Waals surface area contributed by atoms with Crippen molar-refractivity contribution < 1.29 is 8.42 Å². The Kier molecular flexibility index (Phi) is 9.07. The molecule has 0 amide bonds. The molecule has 1 saturated carbocycles. The number of para-hydroxylation sites is 2. The molecule has 2 aromatic heterocycles. The molecule has 1 aliphatic heterocycles. The van der Waals surface area contributed by atoms with Crippen molar-refractivity contribution >= 4 is 72.9 Å². The first-order valence-corrected chi connectivity index (χ1v) is 17.4. The van der Waals surface area contributed by atoms with Crippen LogP contribution in [-0.2, 0) is 10.0 Å². The molecule has 8 nitrogen and oxygen atoms in total. The Balaban J connectivity index is 1.04. The van der Waals surface area contributed by atoms with Crippen molar-refractivity contribution in [2.45, 2.75) is 30.6 Å². The average Bonchev–Trinajstić information content (AvgIpc) is 3.38. The molecule has 2 N–H and O–H groups in total. The average molecular weight is 646 g/mol. The Morgan fingerprint density at radius 1 is 0.833 bits per heavy atom. The summed E-state index contributed by atoms with van der Waals surface area (Å²) in [4.78, 5) is 14.7. The van der Waals surface area contributed by atoms with E-state index in [0.717, 1.165) is 86.5 Å². The van der Waals surface area contributed by atoms with Crippen molar-refractivity contribution in [3.05, 3.63) is 69.3 Å². The number of aromatic nitrogens is 2. The van der Waals surface area contributed by atoms with Gasteiger partial charge < -0.3 is 15.1 Å². The van der Waals surface area contributed by atoms with E-state index in [1.165, 1.54) is 11.8 Å². The highest BCUT2D eigenvalue weighted by Crippen LogP contribution is 2.35. The molecule has 0 spiro atoms. The van der Waals surface area contributed by atoms with Crippen molar-refractivity contribution in [1.82, 2.24) is 14.7 Å². The molecule has 2 fully saturated rings. The molecule has 42 heavy (non-hydrogen) atoms. The molecular formula is C30H34Cl2N6O2S2. The minimum Gasteiger partial charge on any atom is -0.368 e. The Morgan fingerprint density at radius 3 is 2.17 bits per heavy atom. The molecule has 12 heteroatoms. The third-order valence-electron chi connectivity index (χ3n) is 8.28. The van der Waals surface area contributed by atoms with Gasteiger partial charge in [-0.05, 0) is 67.9 Å². The fourth-order valence-electron chi connectivity index (χ4n) is 5.88. The van der Waals surface area contributed by atoms with Crippen LogP contribution in [0.1, 0.15) is 25.7 Å². The normalized spacial score (nSPS) is 19.8. The molecule has 0 atom stereocenters. The molecule has 0 radical (unpaired) electrons. The second-order valence-corrected chi connectivity index (χ2v) is 15.0. The Bertz CT molecular complexity index is 1620. The van der Waals surface area contributed by atoms with Crippen LogP contribution in [0.15, 0.2) is 65.6 Å². The number of sulfonamides is 1. The van der Waals surface area contributed by atoms with E-state index in [1.54, 1.807) is 0 Å². The number of thiophene rings is 1. The lowest BCUT2D eigenvalue weighted by Gasteiger charge is -2.37. The van der Waals surface area contributed by atoms with Crippen molar-refractivity contribution in [3.63, 3.8) is 0 Å². The maximum absolute atomic E-state index is 12.7. The highest BCUT2D eigenvalue weighted by Gasteiger charge is 2.26. The van der Waals surface area contributed by atoms with Crippen LogP contribution in [0.3, 0.4) is 0 Å². The maximum atomic E-state index is 12.7. The lowest BCUT2D eigenvalue weighted by molar-refractivity contribution is 0.284. The SMILES string of the molecule is O=S(=O)(NCC1CCC(CNc2nc(N3CCN(c4ccccc4)CC3)c3ccccc3n2)CC1)c1cc(Cl)sc1Cl. The summed E-state index contributed by atoms with van der Waals surface area (Å²) < 4.78 is 28.6. The predicted octanol–water partition coefficient (Wildman–Crippen LogP) is 6.52. The van der Waals surface area contributed by atoms with Crippen LogP contribution in [0.5, 0.6) is 0 Å². The number of hydrogen-bond acceptors (Lipinski definition) is 8. The van der Waals surface area contributed by atoms with Gasteiger partial charge in [0.2, 0.25) is 16.0 Å². The van der Waals surface area contributed by atoms with Crippen LogP contribution in [-0.4, -0.2) is 57.7 Å². The molecule has 2 aliphatic rings. The number of anilines is 3. The zero-order valence-corrected chi connectivity index (χ0v) is 26.3. The van der Waals surface area contributed by atoms with Gasteiger partial charge in [0.15, 0.2) is 0 Å². The summed E-state index contributed by atoms with van der Waals surface area (Å²) in [6.45, 7) is 4.88. The van der Waals surface area contributed by atoms with Crippen molar-refractivity contribution in [3.8, 4) is 0 Å². The number of piperazine rings is 1. The van der Waals surface area contributed by atoms with Gasteiger partial charge in [0.05, 0.1) is 9.85 Å². The monoisotopic (exact) mass is 644 g/mol. The second-order valence-electron chi connectivity index (χ2n) is 11.0. The van der Waals surface area contributed by atoms with Gasteiger partial charge in [-0.15, -0.1) is 11.3 Å². The van der Waals surface area contributed by atoms with Crippen molar-refractivity contribution in [2.75, 3.05) is 54.4 Å². The van der Waals surface area contributed by atoms with Crippen LogP contribution < -0.4 is 19.8 Å². The van der Waals surface area contributed by atoms with E-state index in [-0.39, 0.29) is 9.23 Å². The summed E-state index contributed by atoms with van der Waals surface area (Å²) in [5.41, 5.74) is 2.20. The van der Waals surface area contributed by atoms with Gasteiger partial charge in [0, 0.05) is 50.3 Å². The smallest absolute Gasteiger partial charge is 0.242 e. The van der Waals surface area contributed by atoms with Crippen LogP contribution in [0.2, 0.25) is 8.67 Å². The summed E-state index contributed by atoms with van der Waals surface area (Å²) in [6.07, 6.45) is 3.96. The molecule has 3 heterocycles. The maximum Gasteiger partial charge on any atom is 0.242 e. The Morgan fingerprint density at radius 2 is 1.48 bits per heavy atom. The minimum atomic E-state index is -3.67. The highest BCUT2D eigenvalue weighted by molar-refractivity contribution is 7.89. The number of hydrogen-bond donors (Lipinski definition) is 2. The molecule has 1 aliphatic carbocycles. The van der Waals surface area contributed by atoms with Gasteiger partial charge in [0.1, 0.15) is 15.0 Å². The molecular weight excluding hydrogens is 611 g/mol. The number of fused-ring (bicyclic) bond motifs is 1. The first kappa shape index (κ1) is 29.4. The molecule has 0 bridgehead atoms. The third kappa shape index (κ3) is 6.78. The van der Waals surface area contributed by atoms with E-state index in [2.05, 4.69) is 62.3 Å². The first-order chi connectivity index (χ1) is 20.4. The first-order valence-electron chi connectivity index (χ1n) is 14.4. The van der Waals surface area contributed by atoms with E-state index in [9.17, 15) is 8.42 Å². The fraction of sp³-hybridized carbons (Fsp3) is 0.400. The van der Waals surface area contributed by atoms with E-state index >= 15 is 0 Å². The van der Waals surface area contributed by atoms with Crippen molar-refractivity contribution in [1.29, 1.82) is 0 Å². The van der Waals surface area contributed by atoms with Crippen LogP contribution >= 0.6 is 34.5 Å². The quantitative estimate of drug-likeness (QED) is 0.214. The van der Waals surface area contributed by atoms with Gasteiger partial charge in [-0.3, -0.25) is 0 Å². The minimum absolute atomic E-state index is 0.0601. The van der Waals surface area contributed by atoms with Crippen molar-refractivity contribution in [2.24, 2.45) is 11.8 Å². The molecule has 222 valence electrons. The van der Waals surface area contributed by atoms with E-state index in [4.69, 9.17) is 33.2 Å². The Hall–Kier alpha value is -2.63. The summed E-state index contributed by atoms with van der Waals surface area (Å²) in [5.74, 6) is 2.42. The Labute approximate surface area is 261 Å². The number of rotatable bonds is 9. The zero-order valence-electron chi connectivity index (χ0n) is 23.2. The van der Waals surface area contributed by atoms with E-state index in [0.29, 0.717) is 28.7 Å². The number of nitrogens with zero attached hydrogens (tertiary/aromatic N) is 4. The lowest BCUT2D eigenvalue weighted by Crippen LogP contribution is -2.47. The summed E-state index contributed by atoms with van der Waals surface area (Å²) in [7, 11) is -3.67. The molecule has 2 aromatic carbocycles. The molecule has 6 rings (SSSR count). The highest BCUT2D eigenvalue weighted by atomic mass is 35.5. The number of halogens is 2. The van der Waals surface area contributed by atoms with Crippen LogP contribution in [0, 0.1) is 11.8 Å². The predicted molar refractivity (Wildman–Crippen MR) is 174 cm³/mol. The topological polar surface area (TPSA) is 90.5 Å². The van der Waals surface area contributed by atoms with Crippen LogP contribution in [0.25, 0.3) is 10.9 Å². The zero-order chi connectivity index (χ0) is 29.1. The van der Waals surface area contributed by atoms with E-state index < -0.39 is 10.0 Å². The molecule has 4 aromatic rings. The van der Waals surface area contributed by atoms with Gasteiger partial charge in [-0.1, -0.05) is 53.5 Å². The molecule has 0 unspecified atom stereocenters. The summed E-state index contributed by atoms with van der Waals surface area (Å²) in [6, 6.07) is 20.2. The largest absolute Gasteiger partial charge is 0.368 e. The fourth-order valence-corrected chi connectivity index (χ4v) is 9.15. The van der Waals surface area contributed by atoms with Gasteiger partial charge >= 0.3 is 0 Å². The summed E-state index contributed by atoms with van der Waals surface area (Å²) in [5, 5.41) is 4.60. The summed E-state index contributed by atoms with van der Waals surface area (Å²) >= 11 is 13.1. The second kappa shape index (κ2) is 12.9. The standard InChI is InChI=1S/C30H34Cl2N6O2S2/c31-27-18-26(28(32)41-27)42(39,40)34-20-22-12-10-21(11-13-22)19-33-30-35-25-9-5-4-8-24(25)29(36-30)38-16-14-37(15-17-38)23-6-2-1-3-7-23/h1-9,18,21-22,34H,10-17,19-20H2,(H,33,35,36). The lowest BCUT2D eigenvalue weighted by atomic mass is 9.82. The van der Waals surface area contributed by atoms with Crippen LogP contribution in [0.4, 0.5) is 17.5 Å². The van der Waals surface area contributed by atoms with Gasteiger partial charge in [-0.25, -0.2) is 18.1 Å².